The van der Waals surface area contributed by atoms with Crippen LogP contribution in [0.1, 0.15) is 51.3 Å². The molecule has 1 heterocycles. The van der Waals surface area contributed by atoms with Crippen LogP contribution in [0.25, 0.3) is 11.3 Å². The van der Waals surface area contributed by atoms with Crippen molar-refractivity contribution in [2.45, 2.75) is 52.7 Å². The Labute approximate surface area is 149 Å². The minimum atomic E-state index is 0.319. The van der Waals surface area contributed by atoms with Gasteiger partial charge in [0.1, 0.15) is 11.8 Å². The van der Waals surface area contributed by atoms with Gasteiger partial charge in [-0.1, -0.05) is 45.4 Å². The van der Waals surface area contributed by atoms with Gasteiger partial charge in [0, 0.05) is 5.56 Å². The highest BCUT2D eigenvalue weighted by Gasteiger charge is 2.31. The third kappa shape index (κ3) is 4.08. The summed E-state index contributed by atoms with van der Waals surface area (Å²) >= 11 is 0. The van der Waals surface area contributed by atoms with Gasteiger partial charge in [0.15, 0.2) is 5.69 Å². The Morgan fingerprint density at radius 1 is 1.32 bits per heavy atom. The molecule has 132 valence electrons. The summed E-state index contributed by atoms with van der Waals surface area (Å²) in [5.41, 5.74) is 2.91. The minimum Gasteiger partial charge on any atom is -0.373 e. The molecule has 3 rings (SSSR count). The normalized spacial score (nSPS) is 23.6. The van der Waals surface area contributed by atoms with Crippen molar-refractivity contribution in [3.8, 4) is 17.3 Å². The summed E-state index contributed by atoms with van der Waals surface area (Å²) in [4.78, 5) is 0. The van der Waals surface area contributed by atoms with Gasteiger partial charge in [0.05, 0.1) is 12.7 Å². The van der Waals surface area contributed by atoms with E-state index in [1.807, 2.05) is 18.2 Å². The highest BCUT2D eigenvalue weighted by atomic mass is 16.5. The van der Waals surface area contributed by atoms with Gasteiger partial charge in [0.2, 0.25) is 0 Å². The predicted molar refractivity (Wildman–Crippen MR) is 96.5 cm³/mol. The fourth-order valence-electron chi connectivity index (χ4n) is 3.83. The van der Waals surface area contributed by atoms with Gasteiger partial charge in [-0.05, 0) is 42.2 Å². The zero-order valence-electron chi connectivity index (χ0n) is 15.2. The Morgan fingerprint density at radius 2 is 2.16 bits per heavy atom. The van der Waals surface area contributed by atoms with Crippen LogP contribution in [0.4, 0.5) is 0 Å². The largest absolute Gasteiger partial charge is 0.373 e. The molecule has 3 atom stereocenters. The van der Waals surface area contributed by atoms with Crippen molar-refractivity contribution in [1.29, 1.82) is 5.26 Å². The topological polar surface area (TPSA) is 74.6 Å². The van der Waals surface area contributed by atoms with E-state index in [4.69, 9.17) is 10.00 Å². The van der Waals surface area contributed by atoms with Gasteiger partial charge in [-0.25, -0.2) is 0 Å². The number of hydrogen-bond acceptors (Lipinski definition) is 4. The Balaban J connectivity index is 1.71. The molecule has 25 heavy (non-hydrogen) atoms. The Kier molecular flexibility index (Phi) is 5.50. The average molecular weight is 338 g/mol. The van der Waals surface area contributed by atoms with E-state index in [-0.39, 0.29) is 0 Å². The molecule has 2 aromatic rings. The monoisotopic (exact) mass is 338 g/mol. The Hall–Kier alpha value is -2.19. The van der Waals surface area contributed by atoms with Crippen LogP contribution in [-0.4, -0.2) is 21.5 Å². The van der Waals surface area contributed by atoms with Crippen molar-refractivity contribution in [3.05, 3.63) is 35.5 Å². The molecule has 5 heteroatoms. The van der Waals surface area contributed by atoms with Crippen LogP contribution in [0.2, 0.25) is 0 Å². The van der Waals surface area contributed by atoms with E-state index >= 15 is 0 Å². The maximum absolute atomic E-state index is 9.12. The summed E-state index contributed by atoms with van der Waals surface area (Å²) in [5.74, 6) is 2.02. The van der Waals surface area contributed by atoms with Crippen LogP contribution >= 0.6 is 0 Å². The minimum absolute atomic E-state index is 0.319. The zero-order chi connectivity index (χ0) is 17.8. The quantitative estimate of drug-likeness (QED) is 0.881. The van der Waals surface area contributed by atoms with Gasteiger partial charge in [-0.3, -0.25) is 0 Å². The zero-order valence-corrected chi connectivity index (χ0v) is 15.2. The average Bonchev–Trinajstić information content (AvgIpc) is 3.09. The molecular formula is C20H26N4O. The predicted octanol–water partition coefficient (Wildman–Crippen LogP) is 4.32. The van der Waals surface area contributed by atoms with E-state index in [0.717, 1.165) is 23.5 Å². The van der Waals surface area contributed by atoms with Crippen molar-refractivity contribution >= 4 is 0 Å². The molecule has 0 aliphatic heterocycles. The fraction of sp³-hybridized carbons (Fsp3) is 0.550. The van der Waals surface area contributed by atoms with E-state index in [9.17, 15) is 0 Å². The molecule has 1 aromatic carbocycles. The van der Waals surface area contributed by atoms with Crippen LogP contribution in [0.15, 0.2) is 24.3 Å². The molecule has 0 saturated heterocycles. The van der Waals surface area contributed by atoms with Crippen molar-refractivity contribution in [1.82, 2.24) is 15.4 Å². The summed E-state index contributed by atoms with van der Waals surface area (Å²) < 4.78 is 6.33. The number of ether oxygens (including phenoxy) is 1. The fourth-order valence-corrected chi connectivity index (χ4v) is 3.83. The van der Waals surface area contributed by atoms with E-state index in [1.54, 1.807) is 0 Å². The van der Waals surface area contributed by atoms with Gasteiger partial charge in [-0.15, -0.1) is 5.10 Å². The lowest BCUT2D eigenvalue weighted by molar-refractivity contribution is -0.0472. The van der Waals surface area contributed by atoms with E-state index < -0.39 is 0 Å². The Bertz CT molecular complexity index is 746. The van der Waals surface area contributed by atoms with Crippen LogP contribution in [0.5, 0.6) is 0 Å². The molecule has 0 spiro atoms. The van der Waals surface area contributed by atoms with E-state index in [0.29, 0.717) is 35.9 Å². The summed E-state index contributed by atoms with van der Waals surface area (Å²) in [6.07, 6.45) is 4.04. The lowest BCUT2D eigenvalue weighted by Crippen LogP contribution is -2.34. The lowest BCUT2D eigenvalue weighted by atomic mass is 9.75. The van der Waals surface area contributed by atoms with Crippen molar-refractivity contribution in [3.63, 3.8) is 0 Å². The van der Waals surface area contributed by atoms with Crippen LogP contribution in [-0.2, 0) is 11.3 Å². The van der Waals surface area contributed by atoms with Crippen molar-refractivity contribution in [2.24, 2.45) is 17.8 Å². The summed E-state index contributed by atoms with van der Waals surface area (Å²) in [5, 5.41) is 19.6. The van der Waals surface area contributed by atoms with Crippen molar-refractivity contribution < 1.29 is 4.74 Å². The second-order valence-electron chi connectivity index (χ2n) is 7.51. The van der Waals surface area contributed by atoms with E-state index in [2.05, 4.69) is 48.3 Å². The molecule has 1 N–H and O–H groups in total. The molecule has 1 saturated carbocycles. The van der Waals surface area contributed by atoms with Crippen LogP contribution < -0.4 is 0 Å². The van der Waals surface area contributed by atoms with Gasteiger partial charge in [0.25, 0.3) is 0 Å². The first kappa shape index (κ1) is 17.6. The Morgan fingerprint density at radius 3 is 2.92 bits per heavy atom. The molecule has 1 aliphatic carbocycles. The molecular weight excluding hydrogens is 312 g/mol. The molecule has 0 amide bonds. The molecule has 5 nitrogen and oxygen atoms in total. The number of nitrogens with zero attached hydrogens (tertiary/aromatic N) is 3. The van der Waals surface area contributed by atoms with Crippen LogP contribution in [0.3, 0.4) is 0 Å². The number of rotatable bonds is 5. The first-order chi connectivity index (χ1) is 12.1. The molecule has 0 bridgehead atoms. The highest BCUT2D eigenvalue weighted by Crippen LogP contribution is 2.35. The third-order valence-corrected chi connectivity index (χ3v) is 5.28. The highest BCUT2D eigenvalue weighted by molar-refractivity contribution is 5.64. The second-order valence-corrected chi connectivity index (χ2v) is 7.51. The number of hydrogen-bond donors (Lipinski definition) is 1. The maximum atomic E-state index is 9.12. The summed E-state index contributed by atoms with van der Waals surface area (Å²) in [7, 11) is 0. The van der Waals surface area contributed by atoms with Gasteiger partial charge in [-0.2, -0.15) is 15.6 Å². The smallest absolute Gasteiger partial charge is 0.190 e. The number of aromatic amines is 1. The second kappa shape index (κ2) is 7.79. The lowest BCUT2D eigenvalue weighted by Gasteiger charge is -2.37. The number of benzene rings is 1. The van der Waals surface area contributed by atoms with Gasteiger partial charge < -0.3 is 4.74 Å². The number of H-pyrrole nitrogens is 1. The molecule has 1 aromatic heterocycles. The number of nitrogens with one attached hydrogen (secondary N) is 1. The molecule has 0 radical (unpaired) electrons. The van der Waals surface area contributed by atoms with Gasteiger partial charge >= 0.3 is 0 Å². The first-order valence-corrected chi connectivity index (χ1v) is 9.10. The summed E-state index contributed by atoms with van der Waals surface area (Å²) in [6, 6.07) is 10.1. The van der Waals surface area contributed by atoms with Crippen molar-refractivity contribution in [2.75, 3.05) is 0 Å². The van der Waals surface area contributed by atoms with E-state index in [1.165, 1.54) is 12.8 Å². The maximum Gasteiger partial charge on any atom is 0.190 e. The first-order valence-electron chi connectivity index (χ1n) is 9.10. The SMILES string of the molecule is CC(C)[C@@H]1CC[C@@H](C)C[C@H]1OCc1cccc(-c2n[nH]nc2C#N)c1. The third-order valence-electron chi connectivity index (χ3n) is 5.28. The molecule has 1 aliphatic rings. The molecule has 0 unspecified atom stereocenters. The summed E-state index contributed by atoms with van der Waals surface area (Å²) in [6.45, 7) is 7.51. The van der Waals surface area contributed by atoms with Crippen LogP contribution in [0, 0.1) is 29.1 Å². The number of nitriles is 1. The number of aromatic nitrogens is 3. The standard InChI is InChI=1S/C20H26N4O/c1-13(2)17-8-7-14(3)9-19(17)25-12-15-5-4-6-16(10-15)20-18(11-21)22-24-23-20/h4-6,10,13-14,17,19H,7-9,12H2,1-3H3,(H,22,23,24)/t14-,17+,19-/m1/s1. The molecule has 1 fully saturated rings.